The number of amides is 2. The molecule has 0 bridgehead atoms. The van der Waals surface area contributed by atoms with Crippen LogP contribution in [0.2, 0.25) is 0 Å². The zero-order valence-corrected chi connectivity index (χ0v) is 12.9. The summed E-state index contributed by atoms with van der Waals surface area (Å²) < 4.78 is 23.0. The summed E-state index contributed by atoms with van der Waals surface area (Å²) in [6, 6.07) is -0.416. The average Bonchev–Trinajstić information content (AvgIpc) is 2.59. The molecule has 1 saturated heterocycles. The zero-order valence-electron chi connectivity index (χ0n) is 12.0. The highest BCUT2D eigenvalue weighted by atomic mass is 32.2. The highest BCUT2D eigenvalue weighted by molar-refractivity contribution is 7.91. The topological polar surface area (TPSA) is 104 Å². The van der Waals surface area contributed by atoms with Crippen molar-refractivity contribution in [3.05, 3.63) is 0 Å². The van der Waals surface area contributed by atoms with Gasteiger partial charge < -0.3 is 15.3 Å². The lowest BCUT2D eigenvalue weighted by atomic mass is 10.0. The molecule has 0 aromatic rings. The molecular formula is C12H22N2O5S. The fraction of sp³-hybridized carbons (Fsp3) is 0.833. The van der Waals surface area contributed by atoms with Gasteiger partial charge in [-0.25, -0.2) is 13.2 Å². The Hall–Kier alpha value is -1.31. The van der Waals surface area contributed by atoms with Gasteiger partial charge in [-0.2, -0.15) is 0 Å². The number of carboxylic acids is 1. The molecule has 20 heavy (non-hydrogen) atoms. The van der Waals surface area contributed by atoms with Crippen LogP contribution in [-0.4, -0.2) is 60.6 Å². The van der Waals surface area contributed by atoms with E-state index >= 15 is 0 Å². The van der Waals surface area contributed by atoms with Gasteiger partial charge in [-0.05, 0) is 20.3 Å². The Morgan fingerprint density at radius 2 is 2.05 bits per heavy atom. The molecule has 2 unspecified atom stereocenters. The van der Waals surface area contributed by atoms with Gasteiger partial charge in [0.2, 0.25) is 0 Å². The second kappa shape index (κ2) is 5.99. The maximum absolute atomic E-state index is 12.1. The maximum Gasteiger partial charge on any atom is 0.317 e. The first-order valence-electron chi connectivity index (χ1n) is 6.59. The van der Waals surface area contributed by atoms with Crippen LogP contribution in [0.25, 0.3) is 0 Å². The molecule has 7 nitrogen and oxygen atoms in total. The number of rotatable bonds is 5. The van der Waals surface area contributed by atoms with Crippen molar-refractivity contribution in [1.82, 2.24) is 10.2 Å². The van der Waals surface area contributed by atoms with Crippen LogP contribution in [0.1, 0.15) is 27.2 Å². The first-order chi connectivity index (χ1) is 9.08. The Balaban J connectivity index is 2.66. The number of urea groups is 1. The number of aliphatic carboxylic acids is 1. The molecule has 1 aliphatic heterocycles. The number of nitrogens with zero attached hydrogens (tertiary/aromatic N) is 1. The van der Waals surface area contributed by atoms with E-state index in [4.69, 9.17) is 5.11 Å². The summed E-state index contributed by atoms with van der Waals surface area (Å²) in [4.78, 5) is 24.3. The van der Waals surface area contributed by atoms with Gasteiger partial charge in [-0.15, -0.1) is 0 Å². The predicted molar refractivity (Wildman–Crippen MR) is 74.3 cm³/mol. The van der Waals surface area contributed by atoms with Crippen LogP contribution in [0.5, 0.6) is 0 Å². The van der Waals surface area contributed by atoms with Crippen molar-refractivity contribution in [2.24, 2.45) is 5.92 Å². The number of hydrogen-bond donors (Lipinski definition) is 2. The fourth-order valence-electron chi connectivity index (χ4n) is 2.21. The molecule has 0 saturated carbocycles. The van der Waals surface area contributed by atoms with E-state index in [9.17, 15) is 18.0 Å². The summed E-state index contributed by atoms with van der Waals surface area (Å²) in [5.41, 5.74) is -0.768. The third-order valence-corrected chi connectivity index (χ3v) is 5.40. The first-order valence-corrected chi connectivity index (χ1v) is 8.41. The van der Waals surface area contributed by atoms with E-state index < -0.39 is 33.3 Å². The molecule has 1 aliphatic rings. The molecule has 2 N–H and O–H groups in total. The van der Waals surface area contributed by atoms with E-state index in [0.29, 0.717) is 13.0 Å². The van der Waals surface area contributed by atoms with Crippen LogP contribution < -0.4 is 5.32 Å². The minimum atomic E-state index is -3.10. The van der Waals surface area contributed by atoms with E-state index in [1.165, 1.54) is 11.8 Å². The van der Waals surface area contributed by atoms with E-state index in [2.05, 4.69) is 5.32 Å². The Kier molecular flexibility index (Phi) is 5.01. The molecule has 1 fully saturated rings. The van der Waals surface area contributed by atoms with Crippen molar-refractivity contribution in [3.63, 3.8) is 0 Å². The minimum absolute atomic E-state index is 0.0709. The van der Waals surface area contributed by atoms with E-state index in [0.717, 1.165) is 0 Å². The lowest BCUT2D eigenvalue weighted by Gasteiger charge is -2.30. The predicted octanol–water partition coefficient (Wildman–Crippen LogP) is 0.316. The van der Waals surface area contributed by atoms with Gasteiger partial charge in [0.25, 0.3) is 0 Å². The number of carbonyl (C=O) groups excluding carboxylic acids is 1. The maximum atomic E-state index is 12.1. The van der Waals surface area contributed by atoms with Gasteiger partial charge in [0, 0.05) is 13.1 Å². The first kappa shape index (κ1) is 16.7. The summed E-state index contributed by atoms with van der Waals surface area (Å²) in [5.74, 6) is -1.63. The summed E-state index contributed by atoms with van der Waals surface area (Å²) in [5, 5.41) is 11.6. The highest BCUT2D eigenvalue weighted by Gasteiger charge is 2.40. The molecular weight excluding hydrogens is 284 g/mol. The smallest absolute Gasteiger partial charge is 0.317 e. The van der Waals surface area contributed by atoms with Crippen molar-refractivity contribution in [2.45, 2.75) is 32.7 Å². The highest BCUT2D eigenvalue weighted by Crippen LogP contribution is 2.23. The lowest BCUT2D eigenvalue weighted by molar-refractivity contribution is -0.141. The molecule has 116 valence electrons. The number of nitrogens with one attached hydrogen (secondary N) is 1. The molecule has 1 rings (SSSR count). The Labute approximate surface area is 119 Å². The number of sulfone groups is 1. The van der Waals surface area contributed by atoms with Crippen molar-refractivity contribution >= 4 is 21.8 Å². The quantitative estimate of drug-likeness (QED) is 0.761. The van der Waals surface area contributed by atoms with Crippen molar-refractivity contribution < 1.29 is 23.1 Å². The minimum Gasteiger partial charge on any atom is -0.481 e. The summed E-state index contributed by atoms with van der Waals surface area (Å²) >= 11 is 0. The molecule has 0 aliphatic carbocycles. The van der Waals surface area contributed by atoms with Gasteiger partial charge in [0.05, 0.1) is 23.0 Å². The van der Waals surface area contributed by atoms with Crippen LogP contribution in [0.3, 0.4) is 0 Å². The second-order valence-electron chi connectivity index (χ2n) is 5.61. The van der Waals surface area contributed by atoms with E-state index in [-0.39, 0.29) is 18.1 Å². The molecule has 0 aromatic carbocycles. The van der Waals surface area contributed by atoms with Crippen LogP contribution >= 0.6 is 0 Å². The van der Waals surface area contributed by atoms with Crippen molar-refractivity contribution in [3.8, 4) is 0 Å². The van der Waals surface area contributed by atoms with Gasteiger partial charge in [0.1, 0.15) is 0 Å². The van der Waals surface area contributed by atoms with Gasteiger partial charge in [-0.3, -0.25) is 4.79 Å². The molecule has 8 heteroatoms. The summed E-state index contributed by atoms with van der Waals surface area (Å²) in [6.45, 7) is 5.44. The van der Waals surface area contributed by atoms with Crippen molar-refractivity contribution in [1.29, 1.82) is 0 Å². The standard InChI is InChI=1S/C12H22N2O5S/c1-4-14(7-9(2)10(15)16)11(17)13-12(3)5-6-20(18,19)8-12/h9H,4-8H2,1-3H3,(H,13,17)(H,15,16). The largest absolute Gasteiger partial charge is 0.481 e. The van der Waals surface area contributed by atoms with Crippen molar-refractivity contribution in [2.75, 3.05) is 24.6 Å². The fourth-order valence-corrected chi connectivity index (χ4v) is 4.30. The van der Waals surface area contributed by atoms with Crippen LogP contribution in [0, 0.1) is 5.92 Å². The van der Waals surface area contributed by atoms with E-state index in [1.807, 2.05) is 0 Å². The van der Waals surface area contributed by atoms with Gasteiger partial charge >= 0.3 is 12.0 Å². The summed E-state index contributed by atoms with van der Waals surface area (Å²) in [6.07, 6.45) is 0.382. The molecule has 1 heterocycles. The Bertz CT molecular complexity index is 490. The molecule has 2 amide bonds. The SMILES string of the molecule is CCN(CC(C)C(=O)O)C(=O)NC1(C)CCS(=O)(=O)C1. The number of carboxylic acid groups (broad SMARTS) is 1. The Morgan fingerprint density at radius 1 is 1.45 bits per heavy atom. The van der Waals surface area contributed by atoms with Crippen LogP contribution in [0.4, 0.5) is 4.79 Å². The molecule has 0 spiro atoms. The third kappa shape index (κ3) is 4.36. The number of hydrogen-bond acceptors (Lipinski definition) is 4. The molecule has 0 aromatic heterocycles. The van der Waals surface area contributed by atoms with Gasteiger partial charge in [-0.1, -0.05) is 6.92 Å². The normalized spacial score (nSPS) is 25.9. The lowest BCUT2D eigenvalue weighted by Crippen LogP contribution is -2.53. The third-order valence-electron chi connectivity index (χ3n) is 3.50. The Morgan fingerprint density at radius 3 is 2.45 bits per heavy atom. The molecule has 0 radical (unpaired) electrons. The second-order valence-corrected chi connectivity index (χ2v) is 7.79. The van der Waals surface area contributed by atoms with E-state index in [1.54, 1.807) is 13.8 Å². The summed E-state index contributed by atoms with van der Waals surface area (Å²) in [7, 11) is -3.10. The zero-order chi connectivity index (χ0) is 15.6. The monoisotopic (exact) mass is 306 g/mol. The molecule has 2 atom stereocenters. The van der Waals surface area contributed by atoms with Crippen LogP contribution in [-0.2, 0) is 14.6 Å². The number of carbonyl (C=O) groups is 2. The van der Waals surface area contributed by atoms with Gasteiger partial charge in [0.15, 0.2) is 9.84 Å². The van der Waals surface area contributed by atoms with Crippen LogP contribution in [0.15, 0.2) is 0 Å². The average molecular weight is 306 g/mol.